The summed E-state index contributed by atoms with van der Waals surface area (Å²) < 4.78 is 13.3. The Morgan fingerprint density at radius 2 is 1.67 bits per heavy atom. The lowest BCUT2D eigenvalue weighted by Crippen LogP contribution is -2.63. The minimum atomic E-state index is -1.36. The predicted molar refractivity (Wildman–Crippen MR) is 159 cm³/mol. The minimum Gasteiger partial charge on any atom is -0.393 e. The van der Waals surface area contributed by atoms with Gasteiger partial charge < -0.3 is 24.8 Å². The van der Waals surface area contributed by atoms with Crippen LogP contribution in [0.3, 0.4) is 0 Å². The van der Waals surface area contributed by atoms with Gasteiger partial charge in [-0.2, -0.15) is 0 Å². The number of ketones is 2. The molecule has 4 aliphatic carbocycles. The average Bonchev–Trinajstić information content (AvgIpc) is 3.50. The lowest BCUT2D eigenvalue weighted by molar-refractivity contribution is -0.201. The molecule has 0 bridgehead atoms. The highest BCUT2D eigenvalue weighted by Gasteiger charge is 2.75. The van der Waals surface area contributed by atoms with Crippen LogP contribution in [0, 0.1) is 28.6 Å². The highest BCUT2D eigenvalue weighted by atomic mass is 16.7. The summed E-state index contributed by atoms with van der Waals surface area (Å²) in [7, 11) is 0. The van der Waals surface area contributed by atoms with E-state index in [9.17, 15) is 24.9 Å². The van der Waals surface area contributed by atoms with Gasteiger partial charge in [-0.1, -0.05) is 74.0 Å². The molecule has 7 rings (SSSR count). The standard InChI is InChI=1S/C36H40O7/c1-34-14-13-26(39)16-25(34)11-12-27-28-17-31-36(30(41)20-38,35(28,2)18-29(40)32(27)34)43-33(42-31)24-9-7-22(8-10-24)15-21-3-5-23(19-37)6-4-21/h3-10,13-14,16,27-29,31-33,37-38,40H,11-12,15,17-20H2,1-2H3/t27-,28-,29-,31+,32?,33+,34-,35-,36+/m0/s1. The van der Waals surface area contributed by atoms with E-state index in [1.165, 1.54) is 0 Å². The summed E-state index contributed by atoms with van der Waals surface area (Å²) >= 11 is 0. The van der Waals surface area contributed by atoms with E-state index >= 15 is 0 Å². The van der Waals surface area contributed by atoms with Crippen LogP contribution < -0.4 is 0 Å². The number of Topliss-reactive ketones (excluding diaryl/α,β-unsaturated/α-hetero) is 1. The van der Waals surface area contributed by atoms with Gasteiger partial charge in [0.25, 0.3) is 0 Å². The predicted octanol–water partition coefficient (Wildman–Crippen LogP) is 4.37. The van der Waals surface area contributed by atoms with Crippen LogP contribution in [0.1, 0.15) is 68.1 Å². The highest BCUT2D eigenvalue weighted by molar-refractivity contribution is 6.01. The van der Waals surface area contributed by atoms with Gasteiger partial charge in [0.15, 0.2) is 23.5 Å². The van der Waals surface area contributed by atoms with Crippen LogP contribution in [0.25, 0.3) is 0 Å². The second-order valence-corrected chi connectivity index (χ2v) is 13.7. The topological polar surface area (TPSA) is 113 Å². The van der Waals surface area contributed by atoms with E-state index in [2.05, 4.69) is 13.8 Å². The fourth-order valence-corrected chi connectivity index (χ4v) is 9.63. The Labute approximate surface area is 252 Å². The van der Waals surface area contributed by atoms with Crippen molar-refractivity contribution < 1.29 is 34.4 Å². The van der Waals surface area contributed by atoms with Crippen molar-refractivity contribution in [2.75, 3.05) is 6.61 Å². The van der Waals surface area contributed by atoms with Gasteiger partial charge in [-0.05, 0) is 72.8 Å². The molecule has 1 unspecified atom stereocenters. The summed E-state index contributed by atoms with van der Waals surface area (Å²) in [5.74, 6) is -0.269. The number of aliphatic hydroxyl groups excluding tert-OH is 3. The Bertz CT molecular complexity index is 1490. The van der Waals surface area contributed by atoms with Crippen molar-refractivity contribution in [1.29, 1.82) is 0 Å². The molecular weight excluding hydrogens is 544 g/mol. The van der Waals surface area contributed by atoms with Crippen molar-refractivity contribution in [2.45, 2.75) is 76.7 Å². The van der Waals surface area contributed by atoms with Crippen molar-refractivity contribution in [2.24, 2.45) is 28.6 Å². The van der Waals surface area contributed by atoms with Crippen molar-refractivity contribution in [1.82, 2.24) is 0 Å². The maximum atomic E-state index is 13.7. The molecule has 0 radical (unpaired) electrons. The molecule has 1 saturated heterocycles. The highest BCUT2D eigenvalue weighted by Crippen LogP contribution is 2.70. The first-order chi connectivity index (χ1) is 20.6. The molecule has 0 amide bonds. The summed E-state index contributed by atoms with van der Waals surface area (Å²) in [5.41, 5.74) is 2.55. The summed E-state index contributed by atoms with van der Waals surface area (Å²) in [6, 6.07) is 15.9. The quantitative estimate of drug-likeness (QED) is 0.462. The SMILES string of the molecule is C[C@]12C=CC(=O)C=C1CC[C@@H]1C2[C@@H](O)C[C@@]2(C)[C@H]1C[C@H]1O[C@@H](c3ccc(Cc4ccc(CO)cc4)cc3)O[C@]12C(=O)CO. The maximum absolute atomic E-state index is 13.7. The Balaban J connectivity index is 1.16. The van der Waals surface area contributed by atoms with E-state index < -0.39 is 41.5 Å². The molecule has 226 valence electrons. The van der Waals surface area contributed by atoms with Gasteiger partial charge in [0.2, 0.25) is 0 Å². The van der Waals surface area contributed by atoms with Crippen molar-refractivity contribution in [3.63, 3.8) is 0 Å². The average molecular weight is 585 g/mol. The molecule has 4 fully saturated rings. The lowest BCUT2D eigenvalue weighted by atomic mass is 9.46. The van der Waals surface area contributed by atoms with Crippen LogP contribution >= 0.6 is 0 Å². The van der Waals surface area contributed by atoms with Gasteiger partial charge in [0, 0.05) is 22.3 Å². The fraction of sp³-hybridized carbons (Fsp3) is 0.500. The number of benzene rings is 2. The monoisotopic (exact) mass is 584 g/mol. The van der Waals surface area contributed by atoms with Crippen LogP contribution in [0.4, 0.5) is 0 Å². The van der Waals surface area contributed by atoms with E-state index in [0.29, 0.717) is 12.8 Å². The van der Waals surface area contributed by atoms with Gasteiger partial charge in [0.05, 0.1) is 18.8 Å². The summed E-state index contributed by atoms with van der Waals surface area (Å²) in [6.07, 6.45) is 6.69. The third-order valence-corrected chi connectivity index (χ3v) is 11.7. The zero-order chi connectivity index (χ0) is 30.1. The first kappa shape index (κ1) is 28.8. The largest absolute Gasteiger partial charge is 0.393 e. The van der Waals surface area contributed by atoms with Gasteiger partial charge in [-0.15, -0.1) is 0 Å². The van der Waals surface area contributed by atoms with Gasteiger partial charge in [-0.25, -0.2) is 0 Å². The smallest absolute Gasteiger partial charge is 0.193 e. The zero-order valence-corrected chi connectivity index (χ0v) is 24.7. The molecular formula is C36H40O7. The number of aliphatic hydroxyl groups is 3. The lowest BCUT2D eigenvalue weighted by Gasteiger charge is -2.59. The number of hydrogen-bond acceptors (Lipinski definition) is 7. The molecule has 0 aromatic heterocycles. The third kappa shape index (κ3) is 4.20. The molecule has 0 spiro atoms. The van der Waals surface area contributed by atoms with E-state index in [1.54, 1.807) is 12.2 Å². The van der Waals surface area contributed by atoms with E-state index in [4.69, 9.17) is 9.47 Å². The summed E-state index contributed by atoms with van der Waals surface area (Å²) in [6.45, 7) is 3.55. The molecule has 9 atom stereocenters. The Morgan fingerprint density at radius 1 is 1.00 bits per heavy atom. The van der Waals surface area contributed by atoms with E-state index in [-0.39, 0.29) is 35.9 Å². The zero-order valence-electron chi connectivity index (χ0n) is 24.7. The number of hydrogen-bond donors (Lipinski definition) is 3. The van der Waals surface area contributed by atoms with Crippen LogP contribution in [-0.2, 0) is 32.1 Å². The van der Waals surface area contributed by atoms with Crippen LogP contribution in [-0.4, -0.2) is 51.3 Å². The van der Waals surface area contributed by atoms with Crippen LogP contribution in [0.5, 0.6) is 0 Å². The molecule has 7 nitrogen and oxygen atoms in total. The van der Waals surface area contributed by atoms with Crippen LogP contribution in [0.15, 0.2) is 72.3 Å². The summed E-state index contributed by atoms with van der Waals surface area (Å²) in [5, 5.41) is 31.3. The molecule has 3 N–H and O–H groups in total. The number of allylic oxidation sites excluding steroid dienone is 4. The van der Waals surface area contributed by atoms with E-state index in [0.717, 1.165) is 47.1 Å². The first-order valence-corrected chi connectivity index (χ1v) is 15.5. The number of carbonyl (C=O) groups excluding carboxylic acids is 2. The number of carbonyl (C=O) groups is 2. The minimum absolute atomic E-state index is 0.00142. The second-order valence-electron chi connectivity index (χ2n) is 13.7. The van der Waals surface area contributed by atoms with Gasteiger partial charge >= 0.3 is 0 Å². The first-order valence-electron chi connectivity index (χ1n) is 15.5. The number of rotatable bonds is 6. The molecule has 2 aromatic rings. The van der Waals surface area contributed by atoms with Gasteiger partial charge in [0.1, 0.15) is 6.61 Å². The molecule has 1 aliphatic heterocycles. The van der Waals surface area contributed by atoms with Crippen LogP contribution in [0.2, 0.25) is 0 Å². The molecule has 1 heterocycles. The summed E-state index contributed by atoms with van der Waals surface area (Å²) in [4.78, 5) is 25.9. The molecule has 2 aromatic carbocycles. The molecule has 43 heavy (non-hydrogen) atoms. The molecule has 3 saturated carbocycles. The van der Waals surface area contributed by atoms with Crippen molar-refractivity contribution in [3.05, 3.63) is 94.6 Å². The van der Waals surface area contributed by atoms with Crippen molar-refractivity contribution >= 4 is 11.6 Å². The van der Waals surface area contributed by atoms with E-state index in [1.807, 2.05) is 54.6 Å². The van der Waals surface area contributed by atoms with Crippen molar-refractivity contribution in [3.8, 4) is 0 Å². The Morgan fingerprint density at radius 3 is 2.35 bits per heavy atom. The Kier molecular flexibility index (Phi) is 6.91. The molecule has 7 heteroatoms. The normalized spacial score (nSPS) is 39.5. The third-order valence-electron chi connectivity index (χ3n) is 11.7. The number of ether oxygens (including phenoxy) is 2. The molecule has 5 aliphatic rings. The Hall–Kier alpha value is -2.94. The number of fused-ring (bicyclic) bond motifs is 7. The second kappa shape index (κ2) is 10.3. The fourth-order valence-electron chi connectivity index (χ4n) is 9.63. The van der Waals surface area contributed by atoms with Gasteiger partial charge in [-0.3, -0.25) is 9.59 Å². The maximum Gasteiger partial charge on any atom is 0.193 e.